The van der Waals surface area contributed by atoms with E-state index in [4.69, 9.17) is 35.4 Å². The Hall–Kier alpha value is -3.21. The van der Waals surface area contributed by atoms with Gasteiger partial charge in [0.1, 0.15) is 30.5 Å². The van der Waals surface area contributed by atoms with Crippen LogP contribution in [-0.2, 0) is 46.2 Å². The van der Waals surface area contributed by atoms with E-state index in [1.165, 1.54) is 6.92 Å². The molecule has 2 aliphatic rings. The normalized spacial score (nSPS) is 36.7. The molecule has 2 saturated heterocycles. The van der Waals surface area contributed by atoms with Crippen molar-refractivity contribution in [3.8, 4) is 0 Å². The topological polar surface area (TPSA) is 190 Å². The predicted octanol–water partition coefficient (Wildman–Crippen LogP) is 5.14. The third-order valence-electron chi connectivity index (χ3n) is 12.2. The van der Waals surface area contributed by atoms with Gasteiger partial charge in [-0.2, -0.15) is 0 Å². The van der Waals surface area contributed by atoms with Crippen LogP contribution >= 0.6 is 11.6 Å². The van der Waals surface area contributed by atoms with Gasteiger partial charge in [-0.05, 0) is 109 Å². The molecule has 2 aromatic rings. The number of aliphatic hydroxyl groups excluding tert-OH is 2. The molecule has 0 aliphatic carbocycles. The second-order valence-corrected chi connectivity index (χ2v) is 18.0. The maximum atomic E-state index is 14.2. The molecule has 2 aliphatic heterocycles. The van der Waals surface area contributed by atoms with E-state index >= 15 is 0 Å². The lowest BCUT2D eigenvalue weighted by atomic mass is 9.73. The lowest BCUT2D eigenvalue weighted by Gasteiger charge is -2.47. The molecule has 1 aromatic heterocycles. The Morgan fingerprint density at radius 2 is 1.65 bits per heavy atom. The van der Waals surface area contributed by atoms with Crippen molar-refractivity contribution < 1.29 is 53.8 Å². The number of oxime groups is 1. The number of hydrogen-bond donors (Lipinski definition) is 4. The second-order valence-electron chi connectivity index (χ2n) is 17.6. The summed E-state index contributed by atoms with van der Waals surface area (Å²) >= 11 is 6.09. The summed E-state index contributed by atoms with van der Waals surface area (Å²) in [5, 5.41) is 53.3. The Morgan fingerprint density at radius 3 is 2.27 bits per heavy atom. The summed E-state index contributed by atoms with van der Waals surface area (Å²) in [6.07, 6.45) is -2.53. The molecule has 2 fully saturated rings. The summed E-state index contributed by atoms with van der Waals surface area (Å²) in [7, 11) is 3.71. The molecule has 4 N–H and O–H groups in total. The first-order valence-corrected chi connectivity index (χ1v) is 21.6. The van der Waals surface area contributed by atoms with Crippen molar-refractivity contribution >= 4 is 29.3 Å². The first-order chi connectivity index (χ1) is 28.2. The van der Waals surface area contributed by atoms with Gasteiger partial charge in [0.25, 0.3) is 0 Å². The molecule has 0 unspecified atom stereocenters. The average Bonchev–Trinajstić information content (AvgIpc) is 3.19. The summed E-state index contributed by atoms with van der Waals surface area (Å²) in [6.45, 7) is 13.6. The molecular formula is C45H68ClN3O11. The molecule has 14 nitrogen and oxygen atoms in total. The second kappa shape index (κ2) is 21.7. The quantitative estimate of drug-likeness (QED) is 0.125. The summed E-state index contributed by atoms with van der Waals surface area (Å²) in [5.74, 6) is -4.98. The molecule has 15 heteroatoms. The fourth-order valence-electron chi connectivity index (χ4n) is 8.76. The van der Waals surface area contributed by atoms with Gasteiger partial charge in [-0.3, -0.25) is 14.6 Å². The lowest BCUT2D eigenvalue weighted by Crippen LogP contribution is -2.60. The van der Waals surface area contributed by atoms with Crippen LogP contribution in [-0.4, -0.2) is 129 Å². The van der Waals surface area contributed by atoms with Crippen LogP contribution in [0.5, 0.6) is 0 Å². The van der Waals surface area contributed by atoms with E-state index in [0.717, 1.165) is 12.0 Å². The largest absolute Gasteiger partial charge is 0.461 e. The van der Waals surface area contributed by atoms with Gasteiger partial charge in [0.15, 0.2) is 6.29 Å². The van der Waals surface area contributed by atoms with Crippen LogP contribution in [0.25, 0.3) is 0 Å². The highest BCUT2D eigenvalue weighted by Gasteiger charge is 2.52. The maximum Gasteiger partial charge on any atom is 0.312 e. The monoisotopic (exact) mass is 861 g/mol. The van der Waals surface area contributed by atoms with E-state index in [2.05, 4.69) is 10.1 Å². The highest BCUT2D eigenvalue weighted by molar-refractivity contribution is 6.30. The number of halogens is 1. The van der Waals surface area contributed by atoms with Crippen LogP contribution in [0.2, 0.25) is 5.02 Å². The van der Waals surface area contributed by atoms with Crippen molar-refractivity contribution in [2.45, 2.75) is 154 Å². The smallest absolute Gasteiger partial charge is 0.312 e. The standard InChI is InChI=1S/C45H68ClN3O11/c1-11-35-45(8,55)40(52)28(4)37(48-56-22-12-13-31-18-20-47-21-19-31)26(2)25-44(7,54)41(60-43-38(51)34(49(9)10)23-27(3)57-43)29(5)39(30(6)42(53)58-35)59-36(50)24-32-14-16-33(46)17-15-32/h14-21,26-30,34-35,38-41,43,51-52,54-55H,11-13,22-25H2,1-10H3/b48-37+/t26-,27-,28+,29+,30-,34+,35-,38-,39+,40-,41-,43+,44-,45-/m1/s1. The molecule has 0 saturated carbocycles. The Balaban J connectivity index is 1.79. The molecule has 4 rings (SSSR count). The van der Waals surface area contributed by atoms with Gasteiger partial charge in [0, 0.05) is 41.2 Å². The van der Waals surface area contributed by atoms with E-state index in [-0.39, 0.29) is 38.0 Å². The number of likely N-dealkylation sites (N-methyl/N-ethyl adjacent to an activating group) is 1. The maximum absolute atomic E-state index is 14.2. The minimum Gasteiger partial charge on any atom is -0.461 e. The fraction of sp³-hybridized carbons (Fsp3) is 0.689. The number of benzene rings is 1. The van der Waals surface area contributed by atoms with Gasteiger partial charge in [0.2, 0.25) is 0 Å². The highest BCUT2D eigenvalue weighted by Crippen LogP contribution is 2.39. The number of pyridine rings is 1. The molecule has 60 heavy (non-hydrogen) atoms. The number of hydrogen-bond acceptors (Lipinski definition) is 14. The van der Waals surface area contributed by atoms with Gasteiger partial charge in [0.05, 0.1) is 42.0 Å². The van der Waals surface area contributed by atoms with Crippen LogP contribution in [0, 0.1) is 23.7 Å². The fourth-order valence-corrected chi connectivity index (χ4v) is 8.89. The molecule has 3 heterocycles. The first kappa shape index (κ1) is 49.4. The van der Waals surface area contributed by atoms with E-state index in [0.29, 0.717) is 29.1 Å². The van der Waals surface area contributed by atoms with E-state index in [9.17, 15) is 30.0 Å². The molecule has 0 bridgehead atoms. The third kappa shape index (κ3) is 12.7. The van der Waals surface area contributed by atoms with Gasteiger partial charge < -0.3 is 49.1 Å². The number of nitrogens with zero attached hydrogens (tertiary/aromatic N) is 3. The minimum absolute atomic E-state index is 0.0304. The zero-order valence-corrected chi connectivity index (χ0v) is 37.6. The van der Waals surface area contributed by atoms with E-state index in [1.54, 1.807) is 71.3 Å². The molecule has 0 amide bonds. The zero-order chi connectivity index (χ0) is 44.5. The van der Waals surface area contributed by atoms with Gasteiger partial charge in [-0.25, -0.2) is 0 Å². The SMILES string of the molecule is CC[C@H]1OC(=O)[C@H](C)[C@@H](OC(=O)Cc2ccc(Cl)cc2)[C@H](C)[C@@H](O[C@@H]2O[C@H](C)C[C@H](N(C)C)[C@H]2O)[C@](C)(O)C[C@@H](C)/C(=N\OCCCc2ccncc2)[C@H](C)[C@@H](O)[C@]1(C)O. The Morgan fingerprint density at radius 1 is 1.00 bits per heavy atom. The number of aryl methyl sites for hydroxylation is 1. The van der Waals surface area contributed by atoms with E-state index < -0.39 is 83.6 Å². The number of esters is 2. The number of carbonyl (C=O) groups is 2. The van der Waals surface area contributed by atoms with Crippen LogP contribution in [0.1, 0.15) is 92.2 Å². The van der Waals surface area contributed by atoms with Gasteiger partial charge >= 0.3 is 11.9 Å². The number of aliphatic hydroxyl groups is 4. The first-order valence-electron chi connectivity index (χ1n) is 21.2. The summed E-state index contributed by atoms with van der Waals surface area (Å²) < 4.78 is 25.1. The number of cyclic esters (lactones) is 1. The average molecular weight is 863 g/mol. The van der Waals surface area contributed by atoms with Crippen molar-refractivity contribution in [3.63, 3.8) is 0 Å². The summed E-state index contributed by atoms with van der Waals surface area (Å²) in [5.41, 5.74) is -1.69. The molecular weight excluding hydrogens is 794 g/mol. The van der Waals surface area contributed by atoms with Crippen molar-refractivity contribution in [2.75, 3.05) is 20.7 Å². The molecule has 1 aromatic carbocycles. The molecule has 0 spiro atoms. The Kier molecular flexibility index (Phi) is 17.9. The third-order valence-corrected chi connectivity index (χ3v) is 12.5. The number of ether oxygens (including phenoxy) is 4. The van der Waals surface area contributed by atoms with E-state index in [1.807, 2.05) is 45.0 Å². The highest BCUT2D eigenvalue weighted by atomic mass is 35.5. The number of carbonyl (C=O) groups excluding carboxylic acids is 2. The number of rotatable bonds is 12. The summed E-state index contributed by atoms with van der Waals surface area (Å²) in [6, 6.07) is 10.2. The molecule has 0 radical (unpaired) electrons. The van der Waals surface area contributed by atoms with Crippen LogP contribution < -0.4 is 0 Å². The minimum atomic E-state index is -1.97. The van der Waals surface area contributed by atoms with Gasteiger partial charge in [-0.15, -0.1) is 0 Å². The molecule has 336 valence electrons. The van der Waals surface area contributed by atoms with Crippen molar-refractivity contribution in [2.24, 2.45) is 28.8 Å². The van der Waals surface area contributed by atoms with Crippen molar-refractivity contribution in [1.29, 1.82) is 0 Å². The Bertz CT molecular complexity index is 1690. The summed E-state index contributed by atoms with van der Waals surface area (Å²) in [4.78, 5) is 39.8. The lowest BCUT2D eigenvalue weighted by molar-refractivity contribution is -0.299. The zero-order valence-electron chi connectivity index (χ0n) is 36.9. The van der Waals surface area contributed by atoms with Crippen LogP contribution in [0.4, 0.5) is 0 Å². The number of aromatic nitrogens is 1. The van der Waals surface area contributed by atoms with Crippen LogP contribution in [0.3, 0.4) is 0 Å². The van der Waals surface area contributed by atoms with Crippen LogP contribution in [0.15, 0.2) is 53.9 Å². The Labute approximate surface area is 360 Å². The van der Waals surface area contributed by atoms with Crippen molar-refractivity contribution in [3.05, 3.63) is 64.9 Å². The van der Waals surface area contributed by atoms with Crippen molar-refractivity contribution in [1.82, 2.24) is 9.88 Å². The van der Waals surface area contributed by atoms with Gasteiger partial charge in [-0.1, -0.05) is 56.6 Å². The predicted molar refractivity (Wildman–Crippen MR) is 227 cm³/mol. The molecule has 14 atom stereocenters.